The van der Waals surface area contributed by atoms with Crippen LogP contribution in [0.15, 0.2) is 65.8 Å². The monoisotopic (exact) mass is 466 g/mol. The van der Waals surface area contributed by atoms with Crippen LogP contribution in [0.2, 0.25) is 0 Å². The van der Waals surface area contributed by atoms with Crippen molar-refractivity contribution in [1.29, 1.82) is 0 Å². The second-order valence-electron chi connectivity index (χ2n) is 8.70. The molecule has 0 atom stereocenters. The molecule has 2 aromatic carbocycles. The molecule has 0 saturated heterocycles. The van der Waals surface area contributed by atoms with E-state index < -0.39 is 10.0 Å². The third-order valence-corrected chi connectivity index (χ3v) is 5.97. The van der Waals surface area contributed by atoms with Gasteiger partial charge in [0, 0.05) is 6.20 Å². The SMILES string of the molecule is Cc1ccccc1OCc1nc(-c2cnn(C(C)(C)C)c2)n(-c2ccc(S(N)(=O)=O)cc2)n1. The molecule has 0 aliphatic heterocycles. The number of hydrogen-bond acceptors (Lipinski definition) is 6. The van der Waals surface area contributed by atoms with E-state index in [2.05, 4.69) is 31.0 Å². The van der Waals surface area contributed by atoms with Gasteiger partial charge in [-0.3, -0.25) is 4.68 Å². The molecule has 172 valence electrons. The Morgan fingerprint density at radius 3 is 2.36 bits per heavy atom. The molecular weight excluding hydrogens is 440 g/mol. The maximum atomic E-state index is 11.6. The van der Waals surface area contributed by atoms with E-state index in [1.807, 2.05) is 42.1 Å². The number of aromatic nitrogens is 5. The fraction of sp³-hybridized carbons (Fsp3) is 0.261. The zero-order valence-corrected chi connectivity index (χ0v) is 19.7. The first-order chi connectivity index (χ1) is 15.5. The second-order valence-corrected chi connectivity index (χ2v) is 10.3. The van der Waals surface area contributed by atoms with Crippen LogP contribution in [0, 0.1) is 6.92 Å². The number of aryl methyl sites for hydroxylation is 1. The van der Waals surface area contributed by atoms with E-state index in [1.165, 1.54) is 12.1 Å². The number of para-hydroxylation sites is 1. The van der Waals surface area contributed by atoms with Gasteiger partial charge in [0.25, 0.3) is 0 Å². The molecule has 0 radical (unpaired) electrons. The topological polar surface area (TPSA) is 118 Å². The van der Waals surface area contributed by atoms with Crippen molar-refractivity contribution in [2.75, 3.05) is 0 Å². The van der Waals surface area contributed by atoms with E-state index >= 15 is 0 Å². The first-order valence-electron chi connectivity index (χ1n) is 10.4. The van der Waals surface area contributed by atoms with Crippen molar-refractivity contribution in [3.8, 4) is 22.8 Å². The molecular formula is C23H26N6O3S. The van der Waals surface area contributed by atoms with Crippen LogP contribution in [0.5, 0.6) is 5.75 Å². The molecule has 2 aromatic heterocycles. The van der Waals surface area contributed by atoms with Crippen LogP contribution in [0.25, 0.3) is 17.1 Å². The standard InChI is InChI=1S/C23H26N6O3S/c1-16-7-5-6-8-20(16)32-15-21-26-22(17-13-25-28(14-17)23(2,3)4)29(27-21)18-9-11-19(12-10-18)33(24,30)31/h5-14H,15H2,1-4H3,(H2,24,30,31). The minimum atomic E-state index is -3.79. The van der Waals surface area contributed by atoms with Crippen LogP contribution >= 0.6 is 0 Å². The average Bonchev–Trinajstić information content (AvgIpc) is 3.40. The molecule has 4 rings (SSSR count). The summed E-state index contributed by atoms with van der Waals surface area (Å²) < 4.78 is 32.7. The zero-order chi connectivity index (χ0) is 23.8. The lowest BCUT2D eigenvalue weighted by molar-refractivity contribution is 0.294. The van der Waals surface area contributed by atoms with E-state index in [0.29, 0.717) is 17.3 Å². The molecule has 0 amide bonds. The molecule has 0 fully saturated rings. The molecule has 33 heavy (non-hydrogen) atoms. The van der Waals surface area contributed by atoms with Gasteiger partial charge in [0.05, 0.1) is 27.9 Å². The van der Waals surface area contributed by atoms with Crippen molar-refractivity contribution in [2.24, 2.45) is 5.14 Å². The summed E-state index contributed by atoms with van der Waals surface area (Å²) in [7, 11) is -3.79. The van der Waals surface area contributed by atoms with Crippen molar-refractivity contribution in [3.05, 3.63) is 72.3 Å². The number of hydrogen-bond donors (Lipinski definition) is 1. The largest absolute Gasteiger partial charge is 0.485 e. The van der Waals surface area contributed by atoms with Gasteiger partial charge in [-0.2, -0.15) is 5.10 Å². The van der Waals surface area contributed by atoms with Crippen LogP contribution in [0.1, 0.15) is 32.2 Å². The Kier molecular flexibility index (Phi) is 5.81. The summed E-state index contributed by atoms with van der Waals surface area (Å²) >= 11 is 0. The fourth-order valence-corrected chi connectivity index (χ4v) is 3.74. The Morgan fingerprint density at radius 2 is 1.76 bits per heavy atom. The third kappa shape index (κ3) is 4.96. The minimum absolute atomic E-state index is 0.0246. The summed E-state index contributed by atoms with van der Waals surface area (Å²) in [5, 5.41) is 14.3. The number of benzene rings is 2. The normalized spacial score (nSPS) is 12.2. The van der Waals surface area contributed by atoms with Crippen molar-refractivity contribution >= 4 is 10.0 Å². The van der Waals surface area contributed by atoms with Crippen molar-refractivity contribution in [1.82, 2.24) is 24.5 Å². The summed E-state index contributed by atoms with van der Waals surface area (Å²) in [6.07, 6.45) is 3.64. The summed E-state index contributed by atoms with van der Waals surface area (Å²) in [4.78, 5) is 4.72. The number of nitrogens with zero attached hydrogens (tertiary/aromatic N) is 5. The minimum Gasteiger partial charge on any atom is -0.485 e. The van der Waals surface area contributed by atoms with Gasteiger partial charge in [0.1, 0.15) is 12.4 Å². The first-order valence-corrected chi connectivity index (χ1v) is 11.9. The highest BCUT2D eigenvalue weighted by Gasteiger charge is 2.20. The van der Waals surface area contributed by atoms with Crippen molar-refractivity contribution in [3.63, 3.8) is 0 Å². The van der Waals surface area contributed by atoms with Crippen molar-refractivity contribution < 1.29 is 13.2 Å². The van der Waals surface area contributed by atoms with Crippen LogP contribution in [-0.2, 0) is 22.2 Å². The summed E-state index contributed by atoms with van der Waals surface area (Å²) in [5.74, 6) is 1.80. The molecule has 0 saturated carbocycles. The Balaban J connectivity index is 1.73. The lowest BCUT2D eigenvalue weighted by atomic mass is 10.1. The summed E-state index contributed by atoms with van der Waals surface area (Å²) in [5.41, 5.74) is 2.23. The first kappa shape index (κ1) is 22.7. The molecule has 10 heteroatoms. The molecule has 9 nitrogen and oxygen atoms in total. The molecule has 4 aromatic rings. The lowest BCUT2D eigenvalue weighted by Gasteiger charge is -2.18. The quantitative estimate of drug-likeness (QED) is 0.465. The van der Waals surface area contributed by atoms with E-state index in [4.69, 9.17) is 14.9 Å². The Hall–Kier alpha value is -3.50. The highest BCUT2D eigenvalue weighted by Crippen LogP contribution is 2.25. The third-order valence-electron chi connectivity index (χ3n) is 5.04. The lowest BCUT2D eigenvalue weighted by Crippen LogP contribution is -2.21. The molecule has 0 aliphatic carbocycles. The van der Waals surface area contributed by atoms with E-state index in [0.717, 1.165) is 16.9 Å². The number of primary sulfonamides is 1. The highest BCUT2D eigenvalue weighted by molar-refractivity contribution is 7.89. The maximum absolute atomic E-state index is 11.6. The molecule has 0 bridgehead atoms. The van der Waals surface area contributed by atoms with Gasteiger partial charge in [-0.05, 0) is 63.6 Å². The highest BCUT2D eigenvalue weighted by atomic mass is 32.2. The predicted octanol–water partition coefficient (Wildman–Crippen LogP) is 3.42. The molecule has 0 spiro atoms. The van der Waals surface area contributed by atoms with Crippen molar-refractivity contribution in [2.45, 2.75) is 44.7 Å². The van der Waals surface area contributed by atoms with Crippen LogP contribution in [-0.4, -0.2) is 33.0 Å². The van der Waals surface area contributed by atoms with Gasteiger partial charge in [0.2, 0.25) is 10.0 Å². The molecule has 2 heterocycles. The Morgan fingerprint density at radius 1 is 1.06 bits per heavy atom. The number of sulfonamides is 1. The average molecular weight is 467 g/mol. The van der Waals surface area contributed by atoms with Gasteiger partial charge >= 0.3 is 0 Å². The molecule has 0 aliphatic rings. The smallest absolute Gasteiger partial charge is 0.238 e. The molecule has 0 unspecified atom stereocenters. The van der Waals surface area contributed by atoms with Crippen LogP contribution in [0.4, 0.5) is 0 Å². The van der Waals surface area contributed by atoms with Gasteiger partial charge in [0.15, 0.2) is 11.6 Å². The van der Waals surface area contributed by atoms with E-state index in [9.17, 15) is 8.42 Å². The van der Waals surface area contributed by atoms with Gasteiger partial charge in [-0.25, -0.2) is 23.2 Å². The van der Waals surface area contributed by atoms with E-state index in [-0.39, 0.29) is 17.0 Å². The fourth-order valence-electron chi connectivity index (χ4n) is 3.23. The maximum Gasteiger partial charge on any atom is 0.238 e. The van der Waals surface area contributed by atoms with Gasteiger partial charge in [-0.15, -0.1) is 5.10 Å². The van der Waals surface area contributed by atoms with Gasteiger partial charge < -0.3 is 4.74 Å². The Bertz CT molecular complexity index is 1380. The number of ether oxygens (including phenoxy) is 1. The van der Waals surface area contributed by atoms with Gasteiger partial charge in [-0.1, -0.05) is 18.2 Å². The summed E-state index contributed by atoms with van der Waals surface area (Å²) in [6, 6.07) is 13.9. The Labute approximate surface area is 192 Å². The zero-order valence-electron chi connectivity index (χ0n) is 18.9. The predicted molar refractivity (Wildman–Crippen MR) is 124 cm³/mol. The molecule has 2 N–H and O–H groups in total. The number of nitrogens with two attached hydrogens (primary N) is 1. The number of rotatable bonds is 6. The second kappa shape index (κ2) is 8.45. The summed E-state index contributed by atoms with van der Waals surface area (Å²) in [6.45, 7) is 8.32. The van der Waals surface area contributed by atoms with Crippen LogP contribution in [0.3, 0.4) is 0 Å². The van der Waals surface area contributed by atoms with E-state index in [1.54, 1.807) is 23.0 Å². The van der Waals surface area contributed by atoms with Crippen LogP contribution < -0.4 is 9.88 Å².